The first-order chi connectivity index (χ1) is 17.2. The predicted molar refractivity (Wildman–Crippen MR) is 141 cm³/mol. The highest BCUT2D eigenvalue weighted by Crippen LogP contribution is 2.39. The molecule has 0 saturated carbocycles. The van der Waals surface area contributed by atoms with Crippen molar-refractivity contribution in [3.63, 3.8) is 0 Å². The number of hydrogen-bond donors (Lipinski definition) is 1. The molecule has 3 heterocycles. The van der Waals surface area contributed by atoms with Gasteiger partial charge in [0.2, 0.25) is 0 Å². The maximum absolute atomic E-state index is 6.48. The average Bonchev–Trinajstić information content (AvgIpc) is 3.30. The molecule has 4 aromatic rings. The number of rotatable bonds is 6. The summed E-state index contributed by atoms with van der Waals surface area (Å²) in [5.41, 5.74) is 3.64. The molecule has 6 heteroatoms. The number of nitrogens with one attached hydrogen (secondary N) is 1. The maximum atomic E-state index is 6.48. The SMILES string of the molecule is Clc1ccc2[nH]cc(CCN3CCN(CC4Oc5ccccc5OC4c4ccccc4)CC3)c2c1. The van der Waals surface area contributed by atoms with E-state index < -0.39 is 0 Å². The van der Waals surface area contributed by atoms with Crippen LogP contribution >= 0.6 is 11.6 Å². The minimum absolute atomic E-state index is 0.0465. The number of aromatic nitrogens is 1. The molecule has 2 aliphatic heterocycles. The Morgan fingerprint density at radius 2 is 1.54 bits per heavy atom. The van der Waals surface area contributed by atoms with Gasteiger partial charge in [-0.2, -0.15) is 0 Å². The fourth-order valence-corrected chi connectivity index (χ4v) is 5.40. The number of aromatic amines is 1. The van der Waals surface area contributed by atoms with Crippen LogP contribution in [0.2, 0.25) is 5.02 Å². The zero-order chi connectivity index (χ0) is 23.6. The molecule has 1 saturated heterocycles. The van der Waals surface area contributed by atoms with Crippen LogP contribution in [0.1, 0.15) is 17.2 Å². The molecule has 6 rings (SSSR count). The van der Waals surface area contributed by atoms with E-state index >= 15 is 0 Å². The maximum Gasteiger partial charge on any atom is 0.162 e. The molecule has 180 valence electrons. The number of ether oxygens (including phenoxy) is 2. The third-order valence-corrected chi connectivity index (χ3v) is 7.41. The van der Waals surface area contributed by atoms with Crippen LogP contribution in [-0.2, 0) is 6.42 Å². The number of para-hydroxylation sites is 2. The largest absolute Gasteiger partial charge is 0.481 e. The van der Waals surface area contributed by atoms with Gasteiger partial charge in [-0.3, -0.25) is 4.90 Å². The summed E-state index contributed by atoms with van der Waals surface area (Å²) in [4.78, 5) is 8.44. The summed E-state index contributed by atoms with van der Waals surface area (Å²) in [6, 6.07) is 24.5. The second-order valence-electron chi connectivity index (χ2n) is 9.45. The Balaban J connectivity index is 1.07. The number of benzene rings is 3. The monoisotopic (exact) mass is 487 g/mol. The Hall–Kier alpha value is -2.99. The van der Waals surface area contributed by atoms with Crippen LogP contribution < -0.4 is 9.47 Å². The van der Waals surface area contributed by atoms with E-state index in [4.69, 9.17) is 21.1 Å². The van der Waals surface area contributed by atoms with Gasteiger partial charge in [-0.15, -0.1) is 0 Å². The molecule has 0 spiro atoms. The highest BCUT2D eigenvalue weighted by atomic mass is 35.5. The second-order valence-corrected chi connectivity index (χ2v) is 9.88. The third-order valence-electron chi connectivity index (χ3n) is 7.18. The van der Waals surface area contributed by atoms with Gasteiger partial charge in [0.05, 0.1) is 0 Å². The van der Waals surface area contributed by atoms with Crippen molar-refractivity contribution in [3.8, 4) is 11.5 Å². The van der Waals surface area contributed by atoms with Gasteiger partial charge in [0.1, 0.15) is 0 Å². The van der Waals surface area contributed by atoms with Crippen LogP contribution in [-0.4, -0.2) is 60.2 Å². The molecule has 35 heavy (non-hydrogen) atoms. The Morgan fingerprint density at radius 1 is 0.829 bits per heavy atom. The molecule has 2 aliphatic rings. The van der Waals surface area contributed by atoms with Gasteiger partial charge in [0, 0.05) is 61.4 Å². The molecule has 2 atom stereocenters. The lowest BCUT2D eigenvalue weighted by Gasteiger charge is -2.40. The number of halogens is 1. The molecule has 0 bridgehead atoms. The van der Waals surface area contributed by atoms with E-state index in [0.29, 0.717) is 0 Å². The summed E-state index contributed by atoms with van der Waals surface area (Å²) in [7, 11) is 0. The molecular formula is C29H30ClN3O2. The normalized spacial score (nSPS) is 20.8. The minimum atomic E-state index is -0.113. The van der Waals surface area contributed by atoms with Crippen molar-refractivity contribution in [2.24, 2.45) is 0 Å². The third kappa shape index (κ3) is 4.90. The fraction of sp³-hybridized carbons (Fsp3) is 0.310. The molecule has 1 aromatic heterocycles. The van der Waals surface area contributed by atoms with Crippen LogP contribution in [0.4, 0.5) is 0 Å². The lowest BCUT2D eigenvalue weighted by atomic mass is 10.0. The van der Waals surface area contributed by atoms with Gasteiger partial charge in [-0.25, -0.2) is 0 Å². The molecule has 2 unspecified atom stereocenters. The Labute approximate surface area is 211 Å². The van der Waals surface area contributed by atoms with E-state index in [0.717, 1.165) is 73.3 Å². The minimum Gasteiger partial charge on any atom is -0.481 e. The van der Waals surface area contributed by atoms with Crippen molar-refractivity contribution in [3.05, 3.63) is 95.1 Å². The van der Waals surface area contributed by atoms with Crippen molar-refractivity contribution in [2.75, 3.05) is 39.3 Å². The lowest BCUT2D eigenvalue weighted by molar-refractivity contribution is -0.00962. The van der Waals surface area contributed by atoms with Gasteiger partial charge < -0.3 is 19.4 Å². The summed E-state index contributed by atoms with van der Waals surface area (Å²) in [5, 5.41) is 2.02. The van der Waals surface area contributed by atoms with Crippen LogP contribution in [0, 0.1) is 0 Å². The number of nitrogens with zero attached hydrogens (tertiary/aromatic N) is 2. The summed E-state index contributed by atoms with van der Waals surface area (Å²) >= 11 is 6.22. The molecule has 3 aromatic carbocycles. The van der Waals surface area contributed by atoms with Crippen molar-refractivity contribution >= 4 is 22.5 Å². The number of fused-ring (bicyclic) bond motifs is 2. The first-order valence-corrected chi connectivity index (χ1v) is 12.8. The lowest BCUT2D eigenvalue weighted by Crippen LogP contribution is -2.51. The van der Waals surface area contributed by atoms with Crippen LogP contribution in [0.15, 0.2) is 79.0 Å². The number of piperazine rings is 1. The molecule has 5 nitrogen and oxygen atoms in total. The van der Waals surface area contributed by atoms with Gasteiger partial charge in [0.25, 0.3) is 0 Å². The summed E-state index contributed by atoms with van der Waals surface area (Å²) in [6.07, 6.45) is 2.99. The van der Waals surface area contributed by atoms with E-state index in [1.54, 1.807) is 0 Å². The first-order valence-electron chi connectivity index (χ1n) is 12.4. The second kappa shape index (κ2) is 9.94. The molecule has 1 fully saturated rings. The summed E-state index contributed by atoms with van der Waals surface area (Å²) in [5.74, 6) is 1.66. The standard InChI is InChI=1S/C29H30ClN3O2/c30-23-10-11-25-24(18-23)22(19-31-25)12-13-32-14-16-33(17-15-32)20-28-29(21-6-2-1-3-7-21)35-27-9-5-4-8-26(27)34-28/h1-11,18-19,28-29,31H,12-17,20H2. The van der Waals surface area contributed by atoms with E-state index in [1.807, 2.05) is 36.4 Å². The predicted octanol–water partition coefficient (Wildman–Crippen LogP) is 5.56. The number of hydrogen-bond acceptors (Lipinski definition) is 4. The van der Waals surface area contributed by atoms with E-state index in [2.05, 4.69) is 57.4 Å². The van der Waals surface area contributed by atoms with Crippen molar-refractivity contribution < 1.29 is 9.47 Å². The van der Waals surface area contributed by atoms with E-state index in [-0.39, 0.29) is 12.2 Å². The van der Waals surface area contributed by atoms with Gasteiger partial charge in [0.15, 0.2) is 23.7 Å². The molecule has 1 N–H and O–H groups in total. The molecule has 0 amide bonds. The van der Waals surface area contributed by atoms with Crippen LogP contribution in [0.3, 0.4) is 0 Å². The zero-order valence-corrected chi connectivity index (χ0v) is 20.5. The van der Waals surface area contributed by atoms with E-state index in [1.165, 1.54) is 10.9 Å². The molecular weight excluding hydrogens is 458 g/mol. The average molecular weight is 488 g/mol. The van der Waals surface area contributed by atoms with Crippen molar-refractivity contribution in [1.29, 1.82) is 0 Å². The Morgan fingerprint density at radius 3 is 2.34 bits per heavy atom. The van der Waals surface area contributed by atoms with Crippen molar-refractivity contribution in [1.82, 2.24) is 14.8 Å². The number of H-pyrrole nitrogens is 1. The Kier molecular flexibility index (Phi) is 6.38. The highest BCUT2D eigenvalue weighted by molar-refractivity contribution is 6.31. The highest BCUT2D eigenvalue weighted by Gasteiger charge is 2.34. The van der Waals surface area contributed by atoms with Gasteiger partial charge >= 0.3 is 0 Å². The molecule has 0 radical (unpaired) electrons. The van der Waals surface area contributed by atoms with Crippen LogP contribution in [0.5, 0.6) is 11.5 Å². The first kappa shape index (κ1) is 22.5. The van der Waals surface area contributed by atoms with Crippen LogP contribution in [0.25, 0.3) is 10.9 Å². The smallest absolute Gasteiger partial charge is 0.162 e. The van der Waals surface area contributed by atoms with E-state index in [9.17, 15) is 0 Å². The quantitative estimate of drug-likeness (QED) is 0.386. The topological polar surface area (TPSA) is 40.7 Å². The summed E-state index contributed by atoms with van der Waals surface area (Å²) in [6.45, 7) is 6.08. The van der Waals surface area contributed by atoms with Gasteiger partial charge in [-0.05, 0) is 47.9 Å². The molecule has 0 aliphatic carbocycles. The fourth-order valence-electron chi connectivity index (χ4n) is 5.23. The van der Waals surface area contributed by atoms with Gasteiger partial charge in [-0.1, -0.05) is 54.1 Å². The Bertz CT molecular complexity index is 1280. The zero-order valence-electron chi connectivity index (χ0n) is 19.7. The van der Waals surface area contributed by atoms with Crippen molar-refractivity contribution in [2.45, 2.75) is 18.6 Å². The summed E-state index contributed by atoms with van der Waals surface area (Å²) < 4.78 is 12.9.